The predicted molar refractivity (Wildman–Crippen MR) is 102 cm³/mol. The van der Waals surface area contributed by atoms with Crippen LogP contribution in [0.3, 0.4) is 0 Å². The fraction of sp³-hybridized carbons (Fsp3) is 0.588. The van der Waals surface area contributed by atoms with Gasteiger partial charge in [-0.15, -0.1) is 0 Å². The maximum atomic E-state index is 12.4. The Kier molecular flexibility index (Phi) is 7.69. The van der Waals surface area contributed by atoms with Crippen LogP contribution in [-0.2, 0) is 21.3 Å². The molecule has 10 heteroatoms. The molecule has 1 aliphatic heterocycles. The lowest BCUT2D eigenvalue weighted by molar-refractivity contribution is 0.0381. The van der Waals surface area contributed by atoms with Crippen molar-refractivity contribution < 1.29 is 27.8 Å². The number of carboxylic acid groups (broad SMARTS) is 1. The minimum Gasteiger partial charge on any atom is -0.495 e. The van der Waals surface area contributed by atoms with Crippen molar-refractivity contribution in [3.05, 3.63) is 23.8 Å². The number of ether oxygens (including phenoxy) is 2. The van der Waals surface area contributed by atoms with Crippen LogP contribution in [0.2, 0.25) is 0 Å². The van der Waals surface area contributed by atoms with Crippen LogP contribution in [0.4, 0.5) is 10.5 Å². The molecular formula is C17H27N3O6S. The van der Waals surface area contributed by atoms with Crippen LogP contribution in [0.15, 0.2) is 18.2 Å². The van der Waals surface area contributed by atoms with E-state index in [0.29, 0.717) is 43.2 Å². The van der Waals surface area contributed by atoms with E-state index >= 15 is 0 Å². The first-order valence-electron chi connectivity index (χ1n) is 8.72. The zero-order valence-corrected chi connectivity index (χ0v) is 16.5. The van der Waals surface area contributed by atoms with Crippen molar-refractivity contribution >= 4 is 21.8 Å². The van der Waals surface area contributed by atoms with Crippen molar-refractivity contribution in [2.45, 2.75) is 13.0 Å². The molecule has 152 valence electrons. The van der Waals surface area contributed by atoms with Crippen molar-refractivity contribution in [2.75, 3.05) is 57.5 Å². The van der Waals surface area contributed by atoms with Gasteiger partial charge in [0.25, 0.3) is 0 Å². The molecule has 0 aliphatic carbocycles. The Bertz CT molecular complexity index is 734. The number of anilines is 1. The number of methoxy groups -OCH3 is 1. The summed E-state index contributed by atoms with van der Waals surface area (Å²) < 4.78 is 37.9. The SMILES string of the molecule is COc1ccc(CN(C)C(=O)O)cc1NS(=O)(=O)CCCN1CCOCC1. The Hall–Kier alpha value is -2.04. The fourth-order valence-electron chi connectivity index (χ4n) is 2.80. The highest BCUT2D eigenvalue weighted by atomic mass is 32.2. The molecule has 1 aliphatic rings. The molecule has 0 atom stereocenters. The van der Waals surface area contributed by atoms with E-state index in [1.807, 2.05) is 0 Å². The van der Waals surface area contributed by atoms with Crippen molar-refractivity contribution in [1.29, 1.82) is 0 Å². The van der Waals surface area contributed by atoms with Gasteiger partial charge < -0.3 is 19.5 Å². The number of hydrogen-bond acceptors (Lipinski definition) is 6. The van der Waals surface area contributed by atoms with Gasteiger partial charge in [-0.1, -0.05) is 6.07 Å². The summed E-state index contributed by atoms with van der Waals surface area (Å²) in [6.07, 6.45) is -0.546. The van der Waals surface area contributed by atoms with Gasteiger partial charge in [-0.3, -0.25) is 9.62 Å². The second-order valence-electron chi connectivity index (χ2n) is 6.40. The van der Waals surface area contributed by atoms with Gasteiger partial charge in [-0.2, -0.15) is 0 Å². The Morgan fingerprint density at radius 2 is 2.07 bits per heavy atom. The van der Waals surface area contributed by atoms with Gasteiger partial charge in [0.1, 0.15) is 5.75 Å². The van der Waals surface area contributed by atoms with Crippen LogP contribution >= 0.6 is 0 Å². The molecule has 2 N–H and O–H groups in total. The molecule has 0 unspecified atom stereocenters. The van der Waals surface area contributed by atoms with E-state index in [1.165, 1.54) is 14.2 Å². The van der Waals surface area contributed by atoms with Crippen molar-refractivity contribution in [3.8, 4) is 5.75 Å². The van der Waals surface area contributed by atoms with Crippen molar-refractivity contribution in [1.82, 2.24) is 9.80 Å². The van der Waals surface area contributed by atoms with Gasteiger partial charge in [0.05, 0.1) is 31.8 Å². The molecule has 0 radical (unpaired) electrons. The van der Waals surface area contributed by atoms with Gasteiger partial charge in [0.15, 0.2) is 0 Å². The van der Waals surface area contributed by atoms with Crippen LogP contribution in [0.25, 0.3) is 0 Å². The summed E-state index contributed by atoms with van der Waals surface area (Å²) in [5.41, 5.74) is 0.965. The summed E-state index contributed by atoms with van der Waals surface area (Å²) in [6, 6.07) is 4.92. The Morgan fingerprint density at radius 1 is 1.37 bits per heavy atom. The van der Waals surface area contributed by atoms with Gasteiger partial charge in [-0.25, -0.2) is 13.2 Å². The zero-order valence-electron chi connectivity index (χ0n) is 15.7. The molecule has 0 bridgehead atoms. The van der Waals surface area contributed by atoms with E-state index in [9.17, 15) is 13.2 Å². The first kappa shape index (κ1) is 21.3. The van der Waals surface area contributed by atoms with Crippen LogP contribution in [0.1, 0.15) is 12.0 Å². The highest BCUT2D eigenvalue weighted by molar-refractivity contribution is 7.92. The van der Waals surface area contributed by atoms with Gasteiger partial charge >= 0.3 is 6.09 Å². The van der Waals surface area contributed by atoms with E-state index < -0.39 is 16.1 Å². The first-order chi connectivity index (χ1) is 12.8. The third kappa shape index (κ3) is 6.89. The van der Waals surface area contributed by atoms with E-state index in [4.69, 9.17) is 14.6 Å². The average molecular weight is 401 g/mol. The van der Waals surface area contributed by atoms with Crippen LogP contribution in [-0.4, -0.2) is 82.2 Å². The second-order valence-corrected chi connectivity index (χ2v) is 8.24. The number of carbonyl (C=O) groups is 1. The molecule has 27 heavy (non-hydrogen) atoms. The topological polar surface area (TPSA) is 108 Å². The van der Waals surface area contributed by atoms with Gasteiger partial charge in [0, 0.05) is 26.7 Å². The van der Waals surface area contributed by atoms with E-state index in [-0.39, 0.29) is 12.3 Å². The molecule has 2 rings (SSSR count). The summed E-state index contributed by atoms with van der Waals surface area (Å²) in [5.74, 6) is 0.376. The Morgan fingerprint density at radius 3 is 2.70 bits per heavy atom. The quantitative estimate of drug-likeness (QED) is 0.641. The van der Waals surface area contributed by atoms with Crippen LogP contribution in [0, 0.1) is 0 Å². The number of benzene rings is 1. The smallest absolute Gasteiger partial charge is 0.407 e. The van der Waals surface area contributed by atoms with Gasteiger partial charge in [0.2, 0.25) is 10.0 Å². The maximum Gasteiger partial charge on any atom is 0.407 e. The number of nitrogens with one attached hydrogen (secondary N) is 1. The first-order valence-corrected chi connectivity index (χ1v) is 10.4. The number of nitrogens with zero attached hydrogens (tertiary/aromatic N) is 2. The van der Waals surface area contributed by atoms with E-state index in [2.05, 4.69) is 9.62 Å². The third-order valence-electron chi connectivity index (χ3n) is 4.27. The lowest BCUT2D eigenvalue weighted by Gasteiger charge is -2.26. The molecule has 1 fully saturated rings. The molecule has 1 aromatic rings. The summed E-state index contributed by atoms with van der Waals surface area (Å²) >= 11 is 0. The van der Waals surface area contributed by atoms with Gasteiger partial charge in [-0.05, 0) is 30.7 Å². The monoisotopic (exact) mass is 401 g/mol. The molecule has 1 heterocycles. The molecule has 1 amide bonds. The molecule has 0 saturated carbocycles. The predicted octanol–water partition coefficient (Wildman–Crippen LogP) is 1.27. The Balaban J connectivity index is 1.98. The minimum atomic E-state index is -3.55. The highest BCUT2D eigenvalue weighted by Gasteiger charge is 2.17. The number of morpholine rings is 1. The molecule has 0 aromatic heterocycles. The van der Waals surface area contributed by atoms with E-state index in [1.54, 1.807) is 18.2 Å². The number of sulfonamides is 1. The molecule has 0 spiro atoms. The maximum absolute atomic E-state index is 12.4. The van der Waals surface area contributed by atoms with Crippen LogP contribution < -0.4 is 9.46 Å². The lowest BCUT2D eigenvalue weighted by atomic mass is 10.2. The minimum absolute atomic E-state index is 0.00717. The normalized spacial score (nSPS) is 15.3. The fourth-order valence-corrected chi connectivity index (χ4v) is 3.90. The number of rotatable bonds is 9. The number of amides is 1. The zero-order chi connectivity index (χ0) is 19.9. The van der Waals surface area contributed by atoms with Crippen LogP contribution in [0.5, 0.6) is 5.75 Å². The standard InChI is InChI=1S/C17H27N3O6S/c1-19(17(21)22)13-14-4-5-16(25-2)15(12-14)18-27(23,24)11-3-6-20-7-9-26-10-8-20/h4-5,12,18H,3,6-11,13H2,1-2H3,(H,21,22). The Labute approximate surface area is 159 Å². The third-order valence-corrected chi connectivity index (χ3v) is 5.62. The lowest BCUT2D eigenvalue weighted by Crippen LogP contribution is -2.37. The summed E-state index contributed by atoms with van der Waals surface area (Å²) in [6.45, 7) is 3.84. The second kappa shape index (κ2) is 9.77. The number of hydrogen-bond donors (Lipinski definition) is 2. The van der Waals surface area contributed by atoms with Crippen molar-refractivity contribution in [2.24, 2.45) is 0 Å². The molecular weight excluding hydrogens is 374 g/mol. The summed E-state index contributed by atoms with van der Waals surface area (Å²) in [7, 11) is -0.648. The molecule has 1 saturated heterocycles. The molecule has 9 nitrogen and oxygen atoms in total. The largest absolute Gasteiger partial charge is 0.495 e. The summed E-state index contributed by atoms with van der Waals surface area (Å²) in [5, 5.41) is 8.98. The van der Waals surface area contributed by atoms with E-state index in [0.717, 1.165) is 18.0 Å². The summed E-state index contributed by atoms with van der Waals surface area (Å²) in [4.78, 5) is 14.3. The van der Waals surface area contributed by atoms with Crippen molar-refractivity contribution in [3.63, 3.8) is 0 Å². The average Bonchev–Trinajstić information content (AvgIpc) is 2.62. The highest BCUT2D eigenvalue weighted by Crippen LogP contribution is 2.27. The molecule has 1 aromatic carbocycles.